The first-order valence-electron chi connectivity index (χ1n) is 11.3. The molecule has 0 spiro atoms. The summed E-state index contributed by atoms with van der Waals surface area (Å²) in [7, 11) is 3.12. The van der Waals surface area contributed by atoms with Crippen LogP contribution in [0, 0.1) is 22.7 Å². The van der Waals surface area contributed by atoms with Gasteiger partial charge in [-0.3, -0.25) is 0 Å². The van der Waals surface area contributed by atoms with Crippen molar-refractivity contribution in [3.8, 4) is 17.2 Å². The topological polar surface area (TPSA) is 78.1 Å². The van der Waals surface area contributed by atoms with E-state index in [1.54, 1.807) is 19.2 Å². The number of rotatable bonds is 5. The zero-order valence-corrected chi connectivity index (χ0v) is 19.9. The Hall–Kier alpha value is -2.47. The summed E-state index contributed by atoms with van der Waals surface area (Å²) in [6, 6.07) is 4.86. The van der Waals surface area contributed by atoms with Crippen LogP contribution in [-0.2, 0) is 0 Å². The van der Waals surface area contributed by atoms with Gasteiger partial charge in [0.15, 0.2) is 11.3 Å². The molecular weight excluding hydrogens is 408 g/mol. The Morgan fingerprint density at radius 2 is 1.88 bits per heavy atom. The first kappa shape index (κ1) is 22.7. The van der Waals surface area contributed by atoms with Gasteiger partial charge in [-0.1, -0.05) is 39.3 Å². The lowest BCUT2D eigenvalue weighted by Gasteiger charge is -2.54. The third-order valence-corrected chi connectivity index (χ3v) is 8.03. The van der Waals surface area contributed by atoms with Crippen molar-refractivity contribution in [1.82, 2.24) is 0 Å². The minimum atomic E-state index is -0.447. The first-order valence-corrected chi connectivity index (χ1v) is 11.3. The lowest BCUT2D eigenvalue weighted by atomic mass is 9.52. The summed E-state index contributed by atoms with van der Waals surface area (Å²) < 4.78 is 23.1. The monoisotopic (exact) mass is 442 g/mol. The van der Waals surface area contributed by atoms with Crippen molar-refractivity contribution < 1.29 is 23.7 Å². The Labute approximate surface area is 189 Å². The molecule has 2 aliphatic rings. The van der Waals surface area contributed by atoms with Crippen LogP contribution in [0.15, 0.2) is 39.1 Å². The van der Waals surface area contributed by atoms with Gasteiger partial charge in [-0.15, -0.1) is 0 Å². The fraction of sp³-hybridized carbons (Fsp3) is 0.577. The van der Waals surface area contributed by atoms with Crippen molar-refractivity contribution in [2.75, 3.05) is 20.8 Å². The molecule has 6 nitrogen and oxygen atoms in total. The van der Waals surface area contributed by atoms with Gasteiger partial charge in [-0.05, 0) is 43.2 Å². The molecule has 0 radical (unpaired) electrons. The van der Waals surface area contributed by atoms with Crippen molar-refractivity contribution in [3.63, 3.8) is 0 Å². The minimum Gasteiger partial charge on any atom is -0.493 e. The van der Waals surface area contributed by atoms with Crippen molar-refractivity contribution in [3.05, 3.63) is 40.3 Å². The molecule has 1 saturated carbocycles. The summed E-state index contributed by atoms with van der Waals surface area (Å²) in [6.07, 6.45) is 4.67. The zero-order valence-electron chi connectivity index (χ0n) is 19.9. The molecular formula is C26H34O6. The van der Waals surface area contributed by atoms with Crippen LogP contribution in [0.1, 0.15) is 47.0 Å². The van der Waals surface area contributed by atoms with Crippen molar-refractivity contribution >= 4 is 11.0 Å². The van der Waals surface area contributed by atoms with Crippen LogP contribution in [0.2, 0.25) is 0 Å². The number of ether oxygens (including phenoxy) is 3. The molecule has 0 amide bonds. The average molecular weight is 443 g/mol. The number of benzene rings is 1. The number of aliphatic hydroxyl groups is 1. The highest BCUT2D eigenvalue weighted by molar-refractivity contribution is 5.88. The molecule has 174 valence electrons. The van der Waals surface area contributed by atoms with Gasteiger partial charge in [0, 0.05) is 22.3 Å². The smallest absolute Gasteiger partial charge is 0.336 e. The van der Waals surface area contributed by atoms with Gasteiger partial charge in [0.1, 0.15) is 0 Å². The first-order chi connectivity index (χ1) is 15.1. The number of methoxy groups -OCH3 is 2. The molecule has 32 heavy (non-hydrogen) atoms. The molecule has 6 heteroatoms. The SMILES string of the molecule is COc1cc2ccc(=O)oc2c(OC)c1OC[C@@]1(C)[C@@H]2CC[C@H](O)C(C)(C)C2=CC[C@@H]1C. The van der Waals surface area contributed by atoms with E-state index in [-0.39, 0.29) is 16.9 Å². The van der Waals surface area contributed by atoms with E-state index in [1.165, 1.54) is 18.7 Å². The van der Waals surface area contributed by atoms with Crippen LogP contribution < -0.4 is 19.8 Å². The van der Waals surface area contributed by atoms with Gasteiger partial charge >= 0.3 is 5.63 Å². The molecule has 2 aromatic rings. The highest BCUT2D eigenvalue weighted by Crippen LogP contribution is 2.57. The molecule has 0 bridgehead atoms. The molecule has 1 fully saturated rings. The van der Waals surface area contributed by atoms with Crippen LogP contribution in [-0.4, -0.2) is 32.0 Å². The van der Waals surface area contributed by atoms with Gasteiger partial charge in [-0.25, -0.2) is 4.79 Å². The predicted molar refractivity (Wildman–Crippen MR) is 124 cm³/mol. The summed E-state index contributed by atoms with van der Waals surface area (Å²) in [6.45, 7) is 9.29. The Morgan fingerprint density at radius 3 is 2.56 bits per heavy atom. The Kier molecular flexibility index (Phi) is 5.78. The maximum absolute atomic E-state index is 11.8. The molecule has 2 aliphatic carbocycles. The largest absolute Gasteiger partial charge is 0.493 e. The normalized spacial score (nSPS) is 29.2. The number of allylic oxidation sites excluding steroid dienone is 1. The number of hydrogen-bond donors (Lipinski definition) is 1. The molecule has 1 aromatic carbocycles. The maximum Gasteiger partial charge on any atom is 0.336 e. The van der Waals surface area contributed by atoms with E-state index in [0.717, 1.165) is 19.3 Å². The van der Waals surface area contributed by atoms with Gasteiger partial charge in [0.2, 0.25) is 11.5 Å². The van der Waals surface area contributed by atoms with E-state index in [9.17, 15) is 9.90 Å². The third-order valence-electron chi connectivity index (χ3n) is 8.03. The zero-order chi connectivity index (χ0) is 23.3. The maximum atomic E-state index is 11.8. The van der Waals surface area contributed by atoms with Crippen LogP contribution >= 0.6 is 0 Å². The summed E-state index contributed by atoms with van der Waals surface area (Å²) >= 11 is 0. The standard InChI is InChI=1S/C26H34O6/c1-15-7-9-17-18(10-11-20(27)25(17,2)3)26(15,4)14-31-23-19(29-5)13-16-8-12-21(28)32-22(16)24(23)30-6/h8-9,12-13,15,18,20,27H,7,10-11,14H2,1-6H3/t15-,18+,20-,26+/m0/s1. The minimum absolute atomic E-state index is 0.135. The fourth-order valence-corrected chi connectivity index (χ4v) is 5.57. The number of hydrogen-bond acceptors (Lipinski definition) is 6. The summed E-state index contributed by atoms with van der Waals surface area (Å²) in [5.41, 5.74) is 0.859. The molecule has 0 aliphatic heterocycles. The average Bonchev–Trinajstić information content (AvgIpc) is 2.76. The van der Waals surface area contributed by atoms with Crippen molar-refractivity contribution in [2.24, 2.45) is 22.7 Å². The number of fused-ring (bicyclic) bond motifs is 2. The quantitative estimate of drug-likeness (QED) is 0.521. The molecule has 0 saturated heterocycles. The van der Waals surface area contributed by atoms with Crippen LogP contribution in [0.5, 0.6) is 17.2 Å². The summed E-state index contributed by atoms with van der Waals surface area (Å²) in [4.78, 5) is 11.8. The third kappa shape index (κ3) is 3.49. The molecule has 4 rings (SSSR count). The van der Waals surface area contributed by atoms with Gasteiger partial charge in [0.05, 0.1) is 26.9 Å². The second kappa shape index (κ2) is 8.14. The molecule has 1 heterocycles. The van der Waals surface area contributed by atoms with Crippen molar-refractivity contribution in [2.45, 2.75) is 53.1 Å². The Bertz CT molecular complexity index is 1100. The van der Waals surface area contributed by atoms with E-state index < -0.39 is 5.63 Å². The molecule has 4 atom stereocenters. The highest BCUT2D eigenvalue weighted by atomic mass is 16.5. The summed E-state index contributed by atoms with van der Waals surface area (Å²) in [5, 5.41) is 11.3. The van der Waals surface area contributed by atoms with E-state index in [4.69, 9.17) is 18.6 Å². The van der Waals surface area contributed by atoms with Gasteiger partial charge in [0.25, 0.3) is 0 Å². The highest BCUT2D eigenvalue weighted by Gasteiger charge is 2.51. The molecule has 1 aromatic heterocycles. The molecule has 0 unspecified atom stereocenters. The van der Waals surface area contributed by atoms with Gasteiger partial charge < -0.3 is 23.7 Å². The van der Waals surface area contributed by atoms with Gasteiger partial charge in [-0.2, -0.15) is 0 Å². The summed E-state index contributed by atoms with van der Waals surface area (Å²) in [5.74, 6) is 2.05. The van der Waals surface area contributed by atoms with Crippen LogP contribution in [0.3, 0.4) is 0 Å². The van der Waals surface area contributed by atoms with E-state index in [1.807, 2.05) is 0 Å². The lowest BCUT2D eigenvalue weighted by Crippen LogP contribution is -2.50. The Balaban J connectivity index is 1.72. The van der Waals surface area contributed by atoms with Crippen LogP contribution in [0.4, 0.5) is 0 Å². The van der Waals surface area contributed by atoms with E-state index >= 15 is 0 Å². The number of aliphatic hydroxyl groups excluding tert-OH is 1. The predicted octanol–water partition coefficient (Wildman–Crippen LogP) is 4.96. The van der Waals surface area contributed by atoms with Crippen molar-refractivity contribution in [1.29, 1.82) is 0 Å². The second-order valence-corrected chi connectivity index (χ2v) is 10.1. The lowest BCUT2D eigenvalue weighted by molar-refractivity contribution is -0.0293. The molecule has 1 N–H and O–H groups in total. The van der Waals surface area contributed by atoms with E-state index in [0.29, 0.717) is 46.7 Å². The Morgan fingerprint density at radius 1 is 1.12 bits per heavy atom. The van der Waals surface area contributed by atoms with Crippen LogP contribution in [0.25, 0.3) is 11.0 Å². The van der Waals surface area contributed by atoms with E-state index in [2.05, 4.69) is 33.8 Å². The second-order valence-electron chi connectivity index (χ2n) is 10.1. The fourth-order valence-electron chi connectivity index (χ4n) is 5.57.